The molecule has 2 aliphatic carbocycles. The summed E-state index contributed by atoms with van der Waals surface area (Å²) in [5.74, 6) is -2.28. The average molecular weight is 344 g/mol. The molecule has 1 N–H and O–H groups in total. The molecule has 1 aromatic rings. The summed E-state index contributed by atoms with van der Waals surface area (Å²) in [5.41, 5.74) is -1.75. The monoisotopic (exact) mass is 344 g/mol. The minimum Gasteiger partial charge on any atom is -0.352 e. The van der Waals surface area contributed by atoms with Gasteiger partial charge in [0.25, 0.3) is 5.91 Å². The normalized spacial score (nSPS) is 17.5. The van der Waals surface area contributed by atoms with E-state index in [0.717, 1.165) is 17.7 Å². The highest BCUT2D eigenvalue weighted by Gasteiger charge is 2.37. The number of hydrogen-bond donors (Lipinski definition) is 1. The number of nitrogens with one attached hydrogen (secondary N) is 1. The molecule has 0 bridgehead atoms. The quantitative estimate of drug-likeness (QED) is 0.835. The number of rotatable bonds is 5. The number of carbonyl (C=O) groups excluding carboxylic acids is 2. The Bertz CT molecular complexity index is 667. The van der Waals surface area contributed by atoms with Crippen molar-refractivity contribution in [3.63, 3.8) is 0 Å². The molecule has 0 heterocycles. The van der Waals surface area contributed by atoms with Crippen molar-refractivity contribution in [1.29, 1.82) is 0 Å². The van der Waals surface area contributed by atoms with E-state index in [9.17, 15) is 27.2 Å². The van der Waals surface area contributed by atoms with Crippen molar-refractivity contribution in [1.82, 2.24) is 10.2 Å². The van der Waals surface area contributed by atoms with Gasteiger partial charge in [0.2, 0.25) is 5.91 Å². The smallest absolute Gasteiger partial charge is 0.352 e. The topological polar surface area (TPSA) is 49.4 Å². The van der Waals surface area contributed by atoms with Crippen LogP contribution in [0.15, 0.2) is 18.2 Å². The highest BCUT2D eigenvalue weighted by molar-refractivity contribution is 5.97. The summed E-state index contributed by atoms with van der Waals surface area (Å²) in [4.78, 5) is 25.6. The Morgan fingerprint density at radius 1 is 1.17 bits per heavy atom. The van der Waals surface area contributed by atoms with Gasteiger partial charge in [-0.15, -0.1) is 0 Å². The van der Waals surface area contributed by atoms with E-state index < -0.39 is 29.0 Å². The van der Waals surface area contributed by atoms with Crippen LogP contribution in [0, 0.1) is 5.82 Å². The van der Waals surface area contributed by atoms with E-state index in [1.807, 2.05) is 0 Å². The summed E-state index contributed by atoms with van der Waals surface area (Å²) < 4.78 is 52.2. The van der Waals surface area contributed by atoms with Crippen molar-refractivity contribution in [3.05, 3.63) is 35.1 Å². The molecule has 0 radical (unpaired) electrons. The zero-order chi connectivity index (χ0) is 17.5. The van der Waals surface area contributed by atoms with Gasteiger partial charge in [0.15, 0.2) is 0 Å². The molecular formula is C16H16F4N2O2. The van der Waals surface area contributed by atoms with Crippen molar-refractivity contribution in [3.8, 4) is 0 Å². The van der Waals surface area contributed by atoms with Crippen LogP contribution in [-0.2, 0) is 11.0 Å². The van der Waals surface area contributed by atoms with Crippen LogP contribution < -0.4 is 5.32 Å². The van der Waals surface area contributed by atoms with Crippen LogP contribution in [0.2, 0.25) is 0 Å². The fourth-order valence-electron chi connectivity index (χ4n) is 2.43. The maximum absolute atomic E-state index is 13.9. The summed E-state index contributed by atoms with van der Waals surface area (Å²) in [6, 6.07) is 1.61. The van der Waals surface area contributed by atoms with Gasteiger partial charge in [0.05, 0.1) is 11.1 Å². The number of alkyl halides is 3. The van der Waals surface area contributed by atoms with Crippen LogP contribution in [0.1, 0.15) is 41.6 Å². The lowest BCUT2D eigenvalue weighted by atomic mass is 10.1. The molecular weight excluding hydrogens is 328 g/mol. The molecule has 2 aliphatic rings. The molecule has 0 aliphatic heterocycles. The lowest BCUT2D eigenvalue weighted by Crippen LogP contribution is -2.43. The fourth-order valence-corrected chi connectivity index (χ4v) is 2.43. The Kier molecular flexibility index (Phi) is 4.23. The highest BCUT2D eigenvalue weighted by Crippen LogP contribution is 2.32. The van der Waals surface area contributed by atoms with Crippen molar-refractivity contribution in [2.24, 2.45) is 0 Å². The molecule has 24 heavy (non-hydrogen) atoms. The van der Waals surface area contributed by atoms with Gasteiger partial charge >= 0.3 is 6.18 Å². The third-order valence-electron chi connectivity index (χ3n) is 4.03. The highest BCUT2D eigenvalue weighted by atomic mass is 19.4. The lowest BCUT2D eigenvalue weighted by Gasteiger charge is -2.22. The Morgan fingerprint density at radius 2 is 1.83 bits per heavy atom. The Balaban J connectivity index is 1.80. The first-order valence-corrected chi connectivity index (χ1v) is 7.73. The standard InChI is InChI=1S/C16H16F4N2O2/c17-13-6-1-9(16(18,19)20)7-12(13)15(24)22(11-4-5-11)8-14(23)21-10-2-3-10/h1,6-7,10-11H,2-5,8H2,(H,21,23). The number of halogens is 4. The lowest BCUT2D eigenvalue weighted by molar-refractivity contribution is -0.137. The van der Waals surface area contributed by atoms with E-state index >= 15 is 0 Å². The van der Waals surface area contributed by atoms with E-state index in [-0.39, 0.29) is 24.5 Å². The number of benzene rings is 1. The number of hydrogen-bond acceptors (Lipinski definition) is 2. The number of nitrogens with zero attached hydrogens (tertiary/aromatic N) is 1. The second-order valence-corrected chi connectivity index (χ2v) is 6.20. The van der Waals surface area contributed by atoms with E-state index in [1.54, 1.807) is 0 Å². The largest absolute Gasteiger partial charge is 0.416 e. The van der Waals surface area contributed by atoms with E-state index in [1.165, 1.54) is 0 Å². The number of amides is 2. The van der Waals surface area contributed by atoms with Crippen molar-refractivity contribution in [2.75, 3.05) is 6.54 Å². The predicted octanol–water partition coefficient (Wildman–Crippen LogP) is 2.73. The zero-order valence-electron chi connectivity index (χ0n) is 12.7. The third-order valence-corrected chi connectivity index (χ3v) is 4.03. The second kappa shape index (κ2) is 6.07. The molecule has 0 saturated heterocycles. The average Bonchev–Trinajstić information content (AvgIpc) is 3.37. The molecule has 4 nitrogen and oxygen atoms in total. The zero-order valence-corrected chi connectivity index (χ0v) is 12.7. The number of carbonyl (C=O) groups is 2. The van der Waals surface area contributed by atoms with E-state index in [4.69, 9.17) is 0 Å². The molecule has 0 aromatic heterocycles. The molecule has 8 heteroatoms. The van der Waals surface area contributed by atoms with E-state index in [0.29, 0.717) is 31.0 Å². The fraction of sp³-hybridized carbons (Fsp3) is 0.500. The van der Waals surface area contributed by atoms with Crippen LogP contribution in [-0.4, -0.2) is 35.3 Å². The second-order valence-electron chi connectivity index (χ2n) is 6.20. The van der Waals surface area contributed by atoms with Crippen LogP contribution in [0.4, 0.5) is 17.6 Å². The molecule has 2 amide bonds. The first-order valence-electron chi connectivity index (χ1n) is 7.73. The first-order chi connectivity index (χ1) is 11.3. The molecule has 0 spiro atoms. The first kappa shape index (κ1) is 16.7. The summed E-state index contributed by atoms with van der Waals surface area (Å²) in [5, 5.41) is 2.72. The van der Waals surface area contributed by atoms with Crippen molar-refractivity contribution in [2.45, 2.75) is 43.9 Å². The van der Waals surface area contributed by atoms with Gasteiger partial charge in [-0.3, -0.25) is 9.59 Å². The Hall–Kier alpha value is -2.12. The SMILES string of the molecule is O=C(CN(C(=O)c1cc(C(F)(F)F)ccc1F)C1CC1)NC1CC1. The van der Waals surface area contributed by atoms with Gasteiger partial charge < -0.3 is 10.2 Å². The Morgan fingerprint density at radius 3 is 2.38 bits per heavy atom. The molecule has 130 valence electrons. The summed E-state index contributed by atoms with van der Waals surface area (Å²) in [7, 11) is 0. The van der Waals surface area contributed by atoms with Gasteiger partial charge in [-0.25, -0.2) is 4.39 Å². The third kappa shape index (κ3) is 3.85. The maximum Gasteiger partial charge on any atom is 0.416 e. The van der Waals surface area contributed by atoms with Gasteiger partial charge in [-0.2, -0.15) is 13.2 Å². The molecule has 2 saturated carbocycles. The molecule has 1 aromatic carbocycles. The summed E-state index contributed by atoms with van der Waals surface area (Å²) >= 11 is 0. The summed E-state index contributed by atoms with van der Waals surface area (Å²) in [6.45, 7) is -0.268. The molecule has 0 unspecified atom stereocenters. The van der Waals surface area contributed by atoms with Crippen LogP contribution in [0.3, 0.4) is 0 Å². The van der Waals surface area contributed by atoms with Crippen molar-refractivity contribution >= 4 is 11.8 Å². The van der Waals surface area contributed by atoms with Crippen molar-refractivity contribution < 1.29 is 27.2 Å². The minimum atomic E-state index is -4.67. The van der Waals surface area contributed by atoms with Crippen LogP contribution >= 0.6 is 0 Å². The molecule has 2 fully saturated rings. The van der Waals surface area contributed by atoms with Crippen LogP contribution in [0.25, 0.3) is 0 Å². The van der Waals surface area contributed by atoms with Gasteiger partial charge in [0, 0.05) is 12.1 Å². The maximum atomic E-state index is 13.9. The van der Waals surface area contributed by atoms with Gasteiger partial charge in [-0.05, 0) is 43.9 Å². The van der Waals surface area contributed by atoms with Gasteiger partial charge in [0.1, 0.15) is 12.4 Å². The van der Waals surface area contributed by atoms with E-state index in [2.05, 4.69) is 5.32 Å². The summed E-state index contributed by atoms with van der Waals surface area (Å²) in [6.07, 6.45) is -1.60. The predicted molar refractivity (Wildman–Crippen MR) is 76.6 cm³/mol. The Labute approximate surface area is 135 Å². The van der Waals surface area contributed by atoms with Gasteiger partial charge in [-0.1, -0.05) is 0 Å². The minimum absolute atomic E-state index is 0.110. The molecule has 0 atom stereocenters. The molecule has 3 rings (SSSR count). The van der Waals surface area contributed by atoms with Crippen LogP contribution in [0.5, 0.6) is 0 Å².